The minimum atomic E-state index is -0.554. The Morgan fingerprint density at radius 3 is 3.15 bits per heavy atom. The topological polar surface area (TPSA) is 95.1 Å². The van der Waals surface area contributed by atoms with Gasteiger partial charge in [-0.1, -0.05) is 12.1 Å². The number of nitriles is 1. The summed E-state index contributed by atoms with van der Waals surface area (Å²) in [6.07, 6.45) is -0.554. The van der Waals surface area contributed by atoms with Gasteiger partial charge in [-0.15, -0.1) is 0 Å². The minimum absolute atomic E-state index is 0.135. The third-order valence-corrected chi connectivity index (χ3v) is 3.42. The molecule has 0 spiro atoms. The van der Waals surface area contributed by atoms with E-state index in [1.807, 2.05) is 18.2 Å². The van der Waals surface area contributed by atoms with Gasteiger partial charge in [-0.2, -0.15) is 5.26 Å². The SMILES string of the molecule is N#CC1CN(C(=O)c2cc3cccc(N)c3[nH]2)CCO1. The van der Waals surface area contributed by atoms with Gasteiger partial charge < -0.3 is 20.4 Å². The van der Waals surface area contributed by atoms with E-state index in [0.29, 0.717) is 31.1 Å². The summed E-state index contributed by atoms with van der Waals surface area (Å²) in [5.41, 5.74) is 7.73. The molecule has 1 aliphatic rings. The summed E-state index contributed by atoms with van der Waals surface area (Å²) < 4.78 is 5.24. The van der Waals surface area contributed by atoms with Gasteiger partial charge in [0.25, 0.3) is 5.91 Å². The van der Waals surface area contributed by atoms with Gasteiger partial charge in [0, 0.05) is 11.9 Å². The lowest BCUT2D eigenvalue weighted by Crippen LogP contribution is -2.45. The molecule has 2 aromatic rings. The largest absolute Gasteiger partial charge is 0.397 e. The number of nitrogen functional groups attached to an aromatic ring is 1. The molecule has 1 saturated heterocycles. The van der Waals surface area contributed by atoms with Crippen molar-refractivity contribution in [2.45, 2.75) is 6.10 Å². The Hall–Kier alpha value is -2.52. The van der Waals surface area contributed by atoms with E-state index in [1.165, 1.54) is 0 Å². The third kappa shape index (κ3) is 2.08. The van der Waals surface area contributed by atoms with Crippen molar-refractivity contribution in [3.05, 3.63) is 30.0 Å². The summed E-state index contributed by atoms with van der Waals surface area (Å²) >= 11 is 0. The van der Waals surface area contributed by atoms with Crippen LogP contribution in [0.5, 0.6) is 0 Å². The van der Waals surface area contributed by atoms with E-state index < -0.39 is 6.10 Å². The molecule has 3 N–H and O–H groups in total. The van der Waals surface area contributed by atoms with Gasteiger partial charge in [0.05, 0.1) is 30.4 Å². The lowest BCUT2D eigenvalue weighted by molar-refractivity contribution is 0.00324. The Balaban J connectivity index is 1.89. The number of H-pyrrole nitrogens is 1. The van der Waals surface area contributed by atoms with Crippen molar-refractivity contribution in [3.63, 3.8) is 0 Å². The molecular formula is C14H14N4O2. The van der Waals surface area contributed by atoms with E-state index in [9.17, 15) is 4.79 Å². The van der Waals surface area contributed by atoms with Crippen molar-refractivity contribution < 1.29 is 9.53 Å². The van der Waals surface area contributed by atoms with Crippen LogP contribution in [0.15, 0.2) is 24.3 Å². The van der Waals surface area contributed by atoms with Crippen LogP contribution in [0, 0.1) is 11.3 Å². The first-order valence-electron chi connectivity index (χ1n) is 6.37. The van der Waals surface area contributed by atoms with Crippen molar-refractivity contribution in [1.82, 2.24) is 9.88 Å². The van der Waals surface area contributed by atoms with Crippen molar-refractivity contribution in [1.29, 1.82) is 5.26 Å². The van der Waals surface area contributed by atoms with Crippen LogP contribution in [0.3, 0.4) is 0 Å². The molecule has 2 heterocycles. The summed E-state index contributed by atoms with van der Waals surface area (Å²) in [5.74, 6) is -0.135. The number of amides is 1. The highest BCUT2D eigenvalue weighted by atomic mass is 16.5. The molecule has 0 radical (unpaired) electrons. The second kappa shape index (κ2) is 4.87. The predicted octanol–water partition coefficient (Wildman–Crippen LogP) is 1.11. The maximum Gasteiger partial charge on any atom is 0.270 e. The Morgan fingerprint density at radius 1 is 1.55 bits per heavy atom. The summed E-state index contributed by atoms with van der Waals surface area (Å²) in [7, 11) is 0. The molecule has 0 bridgehead atoms. The molecule has 6 nitrogen and oxygen atoms in total. The molecule has 0 saturated carbocycles. The fourth-order valence-electron chi connectivity index (χ4n) is 2.38. The van der Waals surface area contributed by atoms with Gasteiger partial charge in [0.1, 0.15) is 5.69 Å². The van der Waals surface area contributed by atoms with Crippen LogP contribution in [-0.2, 0) is 4.74 Å². The Labute approximate surface area is 115 Å². The van der Waals surface area contributed by atoms with E-state index in [-0.39, 0.29) is 5.91 Å². The third-order valence-electron chi connectivity index (χ3n) is 3.42. The van der Waals surface area contributed by atoms with Crippen molar-refractivity contribution in [2.75, 3.05) is 25.4 Å². The van der Waals surface area contributed by atoms with Gasteiger partial charge in [0.2, 0.25) is 0 Å². The number of morpholine rings is 1. The molecule has 1 aromatic carbocycles. The zero-order chi connectivity index (χ0) is 14.1. The number of carbonyl (C=O) groups excluding carboxylic acids is 1. The molecule has 3 rings (SSSR count). The van der Waals surface area contributed by atoms with Gasteiger partial charge in [-0.05, 0) is 12.1 Å². The number of aromatic nitrogens is 1. The molecule has 6 heteroatoms. The maximum atomic E-state index is 12.4. The molecule has 0 aliphatic carbocycles. The highest BCUT2D eigenvalue weighted by Gasteiger charge is 2.25. The zero-order valence-electron chi connectivity index (χ0n) is 10.8. The summed E-state index contributed by atoms with van der Waals surface area (Å²) in [6.45, 7) is 1.16. The second-order valence-electron chi connectivity index (χ2n) is 4.73. The van der Waals surface area contributed by atoms with Crippen molar-refractivity contribution >= 4 is 22.5 Å². The number of aromatic amines is 1. The van der Waals surface area contributed by atoms with Crippen LogP contribution in [0.4, 0.5) is 5.69 Å². The Kier molecular flexibility index (Phi) is 3.05. The molecule has 1 amide bonds. The number of nitrogens with one attached hydrogen (secondary N) is 1. The van der Waals surface area contributed by atoms with E-state index in [1.54, 1.807) is 17.0 Å². The fraction of sp³-hybridized carbons (Fsp3) is 0.286. The van der Waals surface area contributed by atoms with Crippen molar-refractivity contribution in [2.24, 2.45) is 0 Å². The van der Waals surface area contributed by atoms with E-state index in [4.69, 9.17) is 15.7 Å². The summed E-state index contributed by atoms with van der Waals surface area (Å²) in [4.78, 5) is 17.1. The minimum Gasteiger partial charge on any atom is -0.397 e. The second-order valence-corrected chi connectivity index (χ2v) is 4.73. The number of hydrogen-bond acceptors (Lipinski definition) is 4. The van der Waals surface area contributed by atoms with Crippen LogP contribution < -0.4 is 5.73 Å². The number of hydrogen-bond donors (Lipinski definition) is 2. The van der Waals surface area contributed by atoms with E-state index >= 15 is 0 Å². The van der Waals surface area contributed by atoms with Gasteiger partial charge >= 0.3 is 0 Å². The quantitative estimate of drug-likeness (QED) is 0.759. The number of fused-ring (bicyclic) bond motifs is 1. The number of anilines is 1. The Bertz CT molecular complexity index is 701. The maximum absolute atomic E-state index is 12.4. The molecule has 102 valence electrons. The first kappa shape index (κ1) is 12.5. The van der Waals surface area contributed by atoms with Crippen LogP contribution in [0.2, 0.25) is 0 Å². The van der Waals surface area contributed by atoms with E-state index in [0.717, 1.165) is 10.9 Å². The van der Waals surface area contributed by atoms with Crippen LogP contribution in [-0.4, -0.2) is 41.6 Å². The molecular weight excluding hydrogens is 256 g/mol. The van der Waals surface area contributed by atoms with Crippen molar-refractivity contribution in [3.8, 4) is 6.07 Å². The average molecular weight is 270 g/mol. The van der Waals surface area contributed by atoms with Gasteiger partial charge in [0.15, 0.2) is 6.10 Å². The molecule has 1 unspecified atom stereocenters. The monoisotopic (exact) mass is 270 g/mol. The summed E-state index contributed by atoms with van der Waals surface area (Å²) in [5, 5.41) is 9.78. The molecule has 1 aliphatic heterocycles. The number of benzene rings is 1. The average Bonchev–Trinajstić information content (AvgIpc) is 2.92. The number of carbonyl (C=O) groups is 1. The Morgan fingerprint density at radius 2 is 2.40 bits per heavy atom. The van der Waals surface area contributed by atoms with Crippen LogP contribution in [0.25, 0.3) is 10.9 Å². The highest BCUT2D eigenvalue weighted by molar-refractivity contribution is 6.00. The molecule has 1 atom stereocenters. The lowest BCUT2D eigenvalue weighted by atomic mass is 10.2. The normalized spacial score (nSPS) is 18.9. The van der Waals surface area contributed by atoms with Gasteiger partial charge in [-0.25, -0.2) is 0 Å². The van der Waals surface area contributed by atoms with Crippen LogP contribution in [0.1, 0.15) is 10.5 Å². The lowest BCUT2D eigenvalue weighted by Gasteiger charge is -2.29. The first-order valence-corrected chi connectivity index (χ1v) is 6.37. The van der Waals surface area contributed by atoms with E-state index in [2.05, 4.69) is 4.98 Å². The number of rotatable bonds is 1. The number of ether oxygens (including phenoxy) is 1. The molecule has 1 fully saturated rings. The van der Waals surface area contributed by atoms with Crippen LogP contribution >= 0.6 is 0 Å². The standard InChI is InChI=1S/C14H14N4O2/c15-7-10-8-18(4-5-20-10)14(19)12-6-9-2-1-3-11(16)13(9)17-12/h1-3,6,10,17H,4-5,8,16H2. The number of para-hydroxylation sites is 1. The fourth-order valence-corrected chi connectivity index (χ4v) is 2.38. The molecule has 1 aromatic heterocycles. The number of nitrogens with two attached hydrogens (primary N) is 1. The predicted molar refractivity (Wildman–Crippen MR) is 74.0 cm³/mol. The smallest absolute Gasteiger partial charge is 0.270 e. The van der Waals surface area contributed by atoms with Gasteiger partial charge in [-0.3, -0.25) is 4.79 Å². The summed E-state index contributed by atoms with van der Waals surface area (Å²) in [6, 6.07) is 9.34. The highest BCUT2D eigenvalue weighted by Crippen LogP contribution is 2.22. The molecule has 20 heavy (non-hydrogen) atoms. The zero-order valence-corrected chi connectivity index (χ0v) is 10.8. The number of nitrogens with zero attached hydrogens (tertiary/aromatic N) is 2. The first-order chi connectivity index (χ1) is 9.69.